The van der Waals surface area contributed by atoms with Gasteiger partial charge in [-0.2, -0.15) is 5.26 Å². The molecule has 1 aromatic carbocycles. The van der Waals surface area contributed by atoms with Gasteiger partial charge in [-0.3, -0.25) is 0 Å². The van der Waals surface area contributed by atoms with Gasteiger partial charge in [0.2, 0.25) is 0 Å². The summed E-state index contributed by atoms with van der Waals surface area (Å²) in [5, 5.41) is 12.4. The van der Waals surface area contributed by atoms with E-state index < -0.39 is 0 Å². The van der Waals surface area contributed by atoms with Crippen molar-refractivity contribution in [1.29, 1.82) is 5.26 Å². The molecule has 0 aromatic heterocycles. The van der Waals surface area contributed by atoms with Crippen molar-refractivity contribution in [2.24, 2.45) is 5.92 Å². The van der Waals surface area contributed by atoms with Crippen molar-refractivity contribution in [3.63, 3.8) is 0 Å². The van der Waals surface area contributed by atoms with Crippen molar-refractivity contribution in [2.45, 2.75) is 26.2 Å². The third-order valence-electron chi connectivity index (χ3n) is 3.33. The summed E-state index contributed by atoms with van der Waals surface area (Å²) in [4.78, 5) is 0. The molecule has 1 N–H and O–H groups in total. The summed E-state index contributed by atoms with van der Waals surface area (Å²) < 4.78 is 0. The van der Waals surface area contributed by atoms with Crippen LogP contribution < -0.4 is 5.32 Å². The fraction of sp³-hybridized carbons (Fsp3) is 0.400. The number of aryl methyl sites for hydroxylation is 1. The van der Waals surface area contributed by atoms with E-state index in [1.54, 1.807) is 0 Å². The van der Waals surface area contributed by atoms with Crippen LogP contribution in [0.4, 0.5) is 5.69 Å². The second-order valence-electron chi connectivity index (χ2n) is 4.67. The van der Waals surface area contributed by atoms with E-state index in [-0.39, 0.29) is 0 Å². The Morgan fingerprint density at radius 1 is 1.41 bits per heavy atom. The van der Waals surface area contributed by atoms with Crippen molar-refractivity contribution in [2.75, 3.05) is 11.9 Å². The van der Waals surface area contributed by atoms with Crippen molar-refractivity contribution in [1.82, 2.24) is 0 Å². The number of benzene rings is 1. The molecule has 0 heterocycles. The molecule has 0 spiro atoms. The molecule has 0 radical (unpaired) electrons. The molecule has 1 aliphatic rings. The van der Waals surface area contributed by atoms with Gasteiger partial charge in [-0.1, -0.05) is 18.2 Å². The van der Waals surface area contributed by atoms with Gasteiger partial charge in [0.1, 0.15) is 0 Å². The Hall–Kier alpha value is -1.75. The topological polar surface area (TPSA) is 35.8 Å². The average Bonchev–Trinajstić information content (AvgIpc) is 2.39. The summed E-state index contributed by atoms with van der Waals surface area (Å²) in [6, 6.07) is 7.99. The minimum absolute atomic E-state index is 0.724. The van der Waals surface area contributed by atoms with Crippen LogP contribution in [0.3, 0.4) is 0 Å². The fourth-order valence-electron chi connectivity index (χ4n) is 2.18. The van der Waals surface area contributed by atoms with Gasteiger partial charge in [0, 0.05) is 12.2 Å². The van der Waals surface area contributed by atoms with Crippen LogP contribution in [0.15, 0.2) is 30.4 Å². The van der Waals surface area contributed by atoms with Crippen LogP contribution in [0.25, 0.3) is 0 Å². The molecule has 1 aromatic rings. The van der Waals surface area contributed by atoms with E-state index in [0.29, 0.717) is 0 Å². The molecule has 88 valence electrons. The lowest BCUT2D eigenvalue weighted by Crippen LogP contribution is -2.15. The van der Waals surface area contributed by atoms with Crippen molar-refractivity contribution in [3.05, 3.63) is 41.5 Å². The molecular formula is C15H18N2. The Morgan fingerprint density at radius 3 is 3.00 bits per heavy atom. The van der Waals surface area contributed by atoms with E-state index in [2.05, 4.69) is 30.5 Å². The molecule has 17 heavy (non-hydrogen) atoms. The maximum absolute atomic E-state index is 8.88. The number of anilines is 1. The minimum atomic E-state index is 0.724. The molecular weight excluding hydrogens is 208 g/mol. The van der Waals surface area contributed by atoms with E-state index in [1.165, 1.54) is 24.8 Å². The SMILES string of the molecule is Cc1ccc(C#N)cc1NCC1CC=CCC1. The first-order chi connectivity index (χ1) is 8.29. The highest BCUT2D eigenvalue weighted by Gasteiger charge is 2.10. The van der Waals surface area contributed by atoms with Crippen molar-refractivity contribution >= 4 is 5.69 Å². The van der Waals surface area contributed by atoms with Crippen LogP contribution in [-0.2, 0) is 0 Å². The van der Waals surface area contributed by atoms with Gasteiger partial charge in [-0.25, -0.2) is 0 Å². The second kappa shape index (κ2) is 5.54. The molecule has 2 rings (SSSR count). The zero-order chi connectivity index (χ0) is 12.1. The van der Waals surface area contributed by atoms with Crippen molar-refractivity contribution < 1.29 is 0 Å². The summed E-state index contributed by atoms with van der Waals surface area (Å²) in [7, 11) is 0. The third-order valence-corrected chi connectivity index (χ3v) is 3.33. The summed E-state index contributed by atoms with van der Waals surface area (Å²) in [5.74, 6) is 0.727. The van der Waals surface area contributed by atoms with E-state index >= 15 is 0 Å². The minimum Gasteiger partial charge on any atom is -0.385 e. The molecule has 0 bridgehead atoms. The van der Waals surface area contributed by atoms with Gasteiger partial charge in [-0.05, 0) is 49.8 Å². The summed E-state index contributed by atoms with van der Waals surface area (Å²) in [6.45, 7) is 3.07. The number of hydrogen-bond donors (Lipinski definition) is 1. The lowest BCUT2D eigenvalue weighted by Gasteiger charge is -2.19. The molecule has 1 atom stereocenters. The lowest BCUT2D eigenvalue weighted by atomic mass is 9.94. The van der Waals surface area contributed by atoms with Crippen LogP contribution in [0, 0.1) is 24.2 Å². The van der Waals surface area contributed by atoms with Crippen LogP contribution in [0.2, 0.25) is 0 Å². The number of hydrogen-bond acceptors (Lipinski definition) is 2. The quantitative estimate of drug-likeness (QED) is 0.799. The molecule has 0 saturated heterocycles. The normalized spacial score (nSPS) is 18.7. The van der Waals surface area contributed by atoms with E-state index in [0.717, 1.165) is 23.7 Å². The van der Waals surface area contributed by atoms with E-state index in [9.17, 15) is 0 Å². The van der Waals surface area contributed by atoms with E-state index in [1.807, 2.05) is 18.2 Å². The maximum Gasteiger partial charge on any atom is 0.0992 e. The molecule has 0 aliphatic heterocycles. The van der Waals surface area contributed by atoms with Crippen LogP contribution in [-0.4, -0.2) is 6.54 Å². The van der Waals surface area contributed by atoms with Gasteiger partial charge < -0.3 is 5.32 Å². The first-order valence-electron chi connectivity index (χ1n) is 6.19. The van der Waals surface area contributed by atoms with Gasteiger partial charge in [0.25, 0.3) is 0 Å². The number of nitrogens with zero attached hydrogens (tertiary/aromatic N) is 1. The largest absolute Gasteiger partial charge is 0.385 e. The predicted molar refractivity (Wildman–Crippen MR) is 70.9 cm³/mol. The summed E-state index contributed by atoms with van der Waals surface area (Å²) in [5.41, 5.74) is 3.02. The number of allylic oxidation sites excluding steroid dienone is 2. The highest BCUT2D eigenvalue weighted by molar-refractivity contribution is 5.55. The Morgan fingerprint density at radius 2 is 2.29 bits per heavy atom. The number of rotatable bonds is 3. The zero-order valence-corrected chi connectivity index (χ0v) is 10.2. The summed E-state index contributed by atoms with van der Waals surface area (Å²) in [6.07, 6.45) is 8.17. The highest BCUT2D eigenvalue weighted by atomic mass is 14.9. The molecule has 2 heteroatoms. The Bertz CT molecular complexity index is 454. The van der Waals surface area contributed by atoms with Gasteiger partial charge in [0.05, 0.1) is 11.6 Å². The van der Waals surface area contributed by atoms with Gasteiger partial charge in [-0.15, -0.1) is 0 Å². The highest BCUT2D eigenvalue weighted by Crippen LogP contribution is 2.21. The van der Waals surface area contributed by atoms with Gasteiger partial charge >= 0.3 is 0 Å². The first kappa shape index (κ1) is 11.7. The molecule has 2 nitrogen and oxygen atoms in total. The van der Waals surface area contributed by atoms with Crippen molar-refractivity contribution in [3.8, 4) is 6.07 Å². The van der Waals surface area contributed by atoms with Crippen LogP contribution in [0.5, 0.6) is 0 Å². The maximum atomic E-state index is 8.88. The summed E-state index contributed by atoms with van der Waals surface area (Å²) >= 11 is 0. The van der Waals surface area contributed by atoms with E-state index in [4.69, 9.17) is 5.26 Å². The van der Waals surface area contributed by atoms with Crippen LogP contribution >= 0.6 is 0 Å². The fourth-order valence-corrected chi connectivity index (χ4v) is 2.18. The standard InChI is InChI=1S/C15H18N2/c1-12-7-8-14(10-16)9-15(12)17-11-13-5-3-2-4-6-13/h2-3,7-9,13,17H,4-6,11H2,1H3. The lowest BCUT2D eigenvalue weighted by molar-refractivity contribution is 0.504. The molecule has 1 aliphatic carbocycles. The Kier molecular flexibility index (Phi) is 3.82. The number of nitrogens with one attached hydrogen (secondary N) is 1. The molecule has 1 unspecified atom stereocenters. The van der Waals surface area contributed by atoms with Gasteiger partial charge in [0.15, 0.2) is 0 Å². The Balaban J connectivity index is 1.98. The Labute approximate surface area is 103 Å². The van der Waals surface area contributed by atoms with Crippen LogP contribution in [0.1, 0.15) is 30.4 Å². The zero-order valence-electron chi connectivity index (χ0n) is 10.2. The molecule has 0 fully saturated rings. The third kappa shape index (κ3) is 3.10. The monoisotopic (exact) mass is 226 g/mol. The number of nitriles is 1. The average molecular weight is 226 g/mol. The first-order valence-corrected chi connectivity index (χ1v) is 6.19. The smallest absolute Gasteiger partial charge is 0.0992 e. The molecule has 0 amide bonds. The molecule has 0 saturated carbocycles. The second-order valence-corrected chi connectivity index (χ2v) is 4.67. The predicted octanol–water partition coefficient (Wildman–Crippen LogP) is 3.63.